The smallest absolute Gasteiger partial charge is 0.234 e. The van der Waals surface area contributed by atoms with Crippen LogP contribution in [-0.2, 0) is 9.59 Å². The van der Waals surface area contributed by atoms with Crippen LogP contribution in [0.15, 0.2) is 0 Å². The van der Waals surface area contributed by atoms with E-state index in [9.17, 15) is 14.7 Å². The van der Waals surface area contributed by atoms with E-state index in [1.807, 2.05) is 13.8 Å². The van der Waals surface area contributed by atoms with Crippen LogP contribution in [-0.4, -0.2) is 34.0 Å². The molecule has 4 unspecified atom stereocenters. The molecule has 2 aliphatic carbocycles. The predicted molar refractivity (Wildman–Crippen MR) is 70.1 cm³/mol. The molecule has 2 amide bonds. The number of carbonyl (C=O) groups is 2. The summed E-state index contributed by atoms with van der Waals surface area (Å²) in [7, 11) is 0. The van der Waals surface area contributed by atoms with E-state index in [0.717, 1.165) is 25.7 Å². The molecule has 4 atom stereocenters. The van der Waals surface area contributed by atoms with Crippen molar-refractivity contribution in [3.63, 3.8) is 0 Å². The van der Waals surface area contributed by atoms with Crippen molar-refractivity contribution in [3.8, 4) is 0 Å². The van der Waals surface area contributed by atoms with Crippen molar-refractivity contribution in [2.75, 3.05) is 6.61 Å². The van der Waals surface area contributed by atoms with Gasteiger partial charge in [-0.1, -0.05) is 33.6 Å². The molecule has 0 aromatic rings. The fraction of sp³-hybridized carbons (Fsp3) is 0.867. The van der Waals surface area contributed by atoms with Gasteiger partial charge in [0.2, 0.25) is 11.8 Å². The summed E-state index contributed by atoms with van der Waals surface area (Å²) in [4.78, 5) is 26.5. The molecule has 4 nitrogen and oxygen atoms in total. The Morgan fingerprint density at radius 1 is 1.26 bits per heavy atom. The molecule has 3 aliphatic rings. The number of aliphatic hydroxyl groups is 1. The number of piperidine rings is 1. The maximum Gasteiger partial charge on any atom is 0.234 e. The maximum atomic E-state index is 12.5. The minimum Gasteiger partial charge on any atom is -0.394 e. The highest BCUT2D eigenvalue weighted by Gasteiger charge is 2.74. The van der Waals surface area contributed by atoms with Gasteiger partial charge in [0.25, 0.3) is 0 Å². The number of nitrogens with zero attached hydrogens (tertiary/aromatic N) is 1. The Balaban J connectivity index is 1.90. The standard InChI is InChI=1S/C15H23NO3/c1-9-5-4-6-15(7-9,8-17)16-12(18)10-11(13(16)19)14(10,2)3/h9-11,17H,4-8H2,1-3H3. The van der Waals surface area contributed by atoms with Crippen molar-refractivity contribution in [1.82, 2.24) is 4.90 Å². The van der Waals surface area contributed by atoms with Crippen LogP contribution in [0.2, 0.25) is 0 Å². The Morgan fingerprint density at radius 3 is 2.32 bits per heavy atom. The van der Waals surface area contributed by atoms with Crippen molar-refractivity contribution >= 4 is 11.8 Å². The molecule has 3 rings (SSSR count). The van der Waals surface area contributed by atoms with Gasteiger partial charge in [-0.05, 0) is 24.2 Å². The third-order valence-corrected chi connectivity index (χ3v) is 5.64. The van der Waals surface area contributed by atoms with Crippen LogP contribution in [0.5, 0.6) is 0 Å². The second-order valence-corrected chi connectivity index (χ2v) is 7.37. The first-order chi connectivity index (χ1) is 8.85. The van der Waals surface area contributed by atoms with E-state index in [0.29, 0.717) is 5.92 Å². The van der Waals surface area contributed by atoms with Crippen LogP contribution in [0.3, 0.4) is 0 Å². The molecule has 19 heavy (non-hydrogen) atoms. The highest BCUT2D eigenvalue weighted by molar-refractivity contribution is 6.11. The number of amides is 2. The van der Waals surface area contributed by atoms with Gasteiger partial charge >= 0.3 is 0 Å². The average Bonchev–Trinajstić information content (AvgIpc) is 2.79. The fourth-order valence-electron chi connectivity index (χ4n) is 4.46. The van der Waals surface area contributed by atoms with Gasteiger partial charge in [-0.15, -0.1) is 0 Å². The molecule has 1 saturated heterocycles. The summed E-state index contributed by atoms with van der Waals surface area (Å²) in [5.74, 6) is 0.110. The van der Waals surface area contributed by atoms with E-state index in [4.69, 9.17) is 0 Å². The quantitative estimate of drug-likeness (QED) is 0.771. The van der Waals surface area contributed by atoms with E-state index >= 15 is 0 Å². The van der Waals surface area contributed by atoms with Crippen molar-refractivity contribution in [2.45, 2.75) is 52.0 Å². The van der Waals surface area contributed by atoms with Crippen LogP contribution in [0.25, 0.3) is 0 Å². The second kappa shape index (κ2) is 3.81. The molecule has 106 valence electrons. The normalized spacial score (nSPS) is 44.4. The van der Waals surface area contributed by atoms with E-state index in [-0.39, 0.29) is 35.7 Å². The lowest BCUT2D eigenvalue weighted by Crippen LogP contribution is -2.58. The van der Waals surface area contributed by atoms with Crippen LogP contribution in [0.1, 0.15) is 46.5 Å². The molecule has 1 heterocycles. The number of likely N-dealkylation sites (tertiary alicyclic amines) is 1. The summed E-state index contributed by atoms with van der Waals surface area (Å²) in [6.07, 6.45) is 3.61. The molecule has 3 fully saturated rings. The Labute approximate surface area is 114 Å². The van der Waals surface area contributed by atoms with Crippen molar-refractivity contribution < 1.29 is 14.7 Å². The summed E-state index contributed by atoms with van der Waals surface area (Å²) in [6, 6.07) is 0. The van der Waals surface area contributed by atoms with Gasteiger partial charge in [0.1, 0.15) is 0 Å². The van der Waals surface area contributed by atoms with E-state index in [1.165, 1.54) is 4.90 Å². The molecular formula is C15H23NO3. The Morgan fingerprint density at radius 2 is 1.84 bits per heavy atom. The minimum atomic E-state index is -0.616. The molecule has 1 N–H and O–H groups in total. The molecule has 0 aromatic carbocycles. The Hall–Kier alpha value is -0.900. The van der Waals surface area contributed by atoms with Gasteiger partial charge in [-0.2, -0.15) is 0 Å². The van der Waals surface area contributed by atoms with Crippen LogP contribution < -0.4 is 0 Å². The summed E-state index contributed by atoms with van der Waals surface area (Å²) >= 11 is 0. The number of hydrogen-bond donors (Lipinski definition) is 1. The molecular weight excluding hydrogens is 242 g/mol. The number of rotatable bonds is 2. The van der Waals surface area contributed by atoms with E-state index < -0.39 is 5.54 Å². The van der Waals surface area contributed by atoms with Gasteiger partial charge in [-0.3, -0.25) is 14.5 Å². The van der Waals surface area contributed by atoms with Crippen LogP contribution in [0.4, 0.5) is 0 Å². The second-order valence-electron chi connectivity index (χ2n) is 7.37. The molecule has 1 aliphatic heterocycles. The predicted octanol–water partition coefficient (Wildman–Crippen LogP) is 1.57. The fourth-order valence-corrected chi connectivity index (χ4v) is 4.46. The number of hydrogen-bond acceptors (Lipinski definition) is 3. The van der Waals surface area contributed by atoms with Gasteiger partial charge in [0.05, 0.1) is 24.0 Å². The number of imide groups is 1. The SMILES string of the molecule is CC1CCCC(CO)(N2C(=O)C3C(C2=O)C3(C)C)C1. The zero-order valence-electron chi connectivity index (χ0n) is 12.0. The van der Waals surface area contributed by atoms with Crippen molar-refractivity contribution in [1.29, 1.82) is 0 Å². The van der Waals surface area contributed by atoms with E-state index in [1.54, 1.807) is 0 Å². The average molecular weight is 265 g/mol. The van der Waals surface area contributed by atoms with Gasteiger partial charge in [0, 0.05) is 0 Å². The molecule has 0 aromatic heterocycles. The topological polar surface area (TPSA) is 57.6 Å². The maximum absolute atomic E-state index is 12.5. The summed E-state index contributed by atoms with van der Waals surface area (Å²) in [5.41, 5.74) is -0.781. The number of carbonyl (C=O) groups excluding carboxylic acids is 2. The summed E-state index contributed by atoms with van der Waals surface area (Å²) in [5, 5.41) is 9.84. The molecule has 0 radical (unpaired) electrons. The Kier molecular flexibility index (Phi) is 2.63. The lowest BCUT2D eigenvalue weighted by molar-refractivity contribution is -0.155. The monoisotopic (exact) mass is 265 g/mol. The molecule has 2 saturated carbocycles. The van der Waals surface area contributed by atoms with Crippen LogP contribution >= 0.6 is 0 Å². The number of aliphatic hydroxyl groups excluding tert-OH is 1. The van der Waals surface area contributed by atoms with Crippen molar-refractivity contribution in [2.24, 2.45) is 23.2 Å². The molecule has 0 bridgehead atoms. The Bertz CT molecular complexity index is 421. The van der Waals surface area contributed by atoms with Gasteiger partial charge < -0.3 is 5.11 Å². The van der Waals surface area contributed by atoms with Crippen LogP contribution in [0, 0.1) is 23.2 Å². The largest absolute Gasteiger partial charge is 0.394 e. The van der Waals surface area contributed by atoms with Gasteiger partial charge in [0.15, 0.2) is 0 Å². The lowest BCUT2D eigenvalue weighted by atomic mass is 9.75. The molecule has 0 spiro atoms. The zero-order chi connectivity index (χ0) is 14.0. The number of fused-ring (bicyclic) bond motifs is 1. The first-order valence-electron chi connectivity index (χ1n) is 7.34. The van der Waals surface area contributed by atoms with Gasteiger partial charge in [-0.25, -0.2) is 0 Å². The first kappa shape index (κ1) is 13.1. The molecule has 4 heteroatoms. The van der Waals surface area contributed by atoms with Crippen molar-refractivity contribution in [3.05, 3.63) is 0 Å². The summed E-state index contributed by atoms with van der Waals surface area (Å²) < 4.78 is 0. The summed E-state index contributed by atoms with van der Waals surface area (Å²) in [6.45, 7) is 6.03. The first-order valence-corrected chi connectivity index (χ1v) is 7.34. The minimum absolute atomic E-state index is 0.0387. The highest BCUT2D eigenvalue weighted by atomic mass is 16.3. The zero-order valence-corrected chi connectivity index (χ0v) is 12.0. The lowest BCUT2D eigenvalue weighted by Gasteiger charge is -2.45. The van der Waals surface area contributed by atoms with E-state index in [2.05, 4.69) is 6.92 Å². The third-order valence-electron chi connectivity index (χ3n) is 5.64. The highest BCUT2D eigenvalue weighted by Crippen LogP contribution is 2.64. The third kappa shape index (κ3) is 1.55.